The van der Waals surface area contributed by atoms with Crippen LogP contribution >= 0.6 is 0 Å². The second-order valence-corrected chi connectivity index (χ2v) is 5.04. The van der Waals surface area contributed by atoms with Crippen LogP contribution in [0.5, 0.6) is 0 Å². The average Bonchev–Trinajstić information content (AvgIpc) is 3.05. The van der Waals surface area contributed by atoms with Gasteiger partial charge in [-0.1, -0.05) is 66.7 Å². The van der Waals surface area contributed by atoms with Gasteiger partial charge in [0.25, 0.3) is 0 Å². The molecule has 1 heteroatoms. The molecule has 1 aliphatic rings. The van der Waals surface area contributed by atoms with Gasteiger partial charge in [0.15, 0.2) is 0 Å². The Morgan fingerprint density at radius 1 is 0.810 bits per heavy atom. The van der Waals surface area contributed by atoms with Crippen LogP contribution in [0.4, 0.5) is 0 Å². The molecule has 1 saturated carbocycles. The monoisotopic (exact) mass is 273 g/mol. The Morgan fingerprint density at radius 3 is 1.81 bits per heavy atom. The van der Waals surface area contributed by atoms with Crippen LogP contribution in [0.15, 0.2) is 73.3 Å². The maximum Gasteiger partial charge on any atom is 0.122 e. The lowest BCUT2D eigenvalue weighted by molar-refractivity contribution is 0.103. The summed E-state index contributed by atoms with van der Waals surface area (Å²) in [7, 11) is 0. The van der Waals surface area contributed by atoms with Crippen LogP contribution < -0.4 is 0 Å². The topological polar surface area (TPSA) is 20.2 Å². The molecule has 5 radical (unpaired) electrons. The molecule has 0 saturated heterocycles. The van der Waals surface area contributed by atoms with Crippen molar-refractivity contribution in [2.45, 2.75) is 5.60 Å². The van der Waals surface area contributed by atoms with Gasteiger partial charge in [-0.25, -0.2) is 0 Å². The lowest BCUT2D eigenvalue weighted by atomic mass is 9.72. The zero-order valence-corrected chi connectivity index (χ0v) is 11.7. The third-order valence-electron chi connectivity index (χ3n) is 3.84. The molecule has 3 rings (SSSR count). The molecule has 1 nitrogen and oxygen atoms in total. The molecule has 21 heavy (non-hydrogen) atoms. The van der Waals surface area contributed by atoms with Crippen molar-refractivity contribution in [2.24, 2.45) is 0 Å². The van der Waals surface area contributed by atoms with E-state index in [1.54, 1.807) is 6.08 Å². The van der Waals surface area contributed by atoms with E-state index in [1.165, 1.54) is 0 Å². The maximum absolute atomic E-state index is 11.6. The summed E-state index contributed by atoms with van der Waals surface area (Å²) in [4.78, 5) is 0. The van der Waals surface area contributed by atoms with Gasteiger partial charge in [0.2, 0.25) is 0 Å². The highest BCUT2D eigenvalue weighted by Crippen LogP contribution is 2.49. The molecule has 0 amide bonds. The molecule has 1 aliphatic carbocycles. The van der Waals surface area contributed by atoms with Crippen molar-refractivity contribution in [3.8, 4) is 0 Å². The van der Waals surface area contributed by atoms with Gasteiger partial charge in [0.1, 0.15) is 5.60 Å². The molecule has 0 heterocycles. The van der Waals surface area contributed by atoms with E-state index >= 15 is 0 Å². The van der Waals surface area contributed by atoms with Crippen LogP contribution in [-0.2, 0) is 5.60 Å². The standard InChI is InChI=1S/C20H17O/c1-2-16-10-9-15-19(16)20(21,17-11-5-3-6-12-17)18-13-7-4-8-14-18/h2-15,21H,1H2. The molecule has 0 atom stereocenters. The van der Waals surface area contributed by atoms with E-state index in [-0.39, 0.29) is 0 Å². The first-order chi connectivity index (χ1) is 10.3. The van der Waals surface area contributed by atoms with Crippen molar-refractivity contribution in [3.05, 3.63) is 116 Å². The number of allylic oxidation sites excluding steroid dienone is 1. The van der Waals surface area contributed by atoms with Gasteiger partial charge < -0.3 is 5.11 Å². The average molecular weight is 273 g/mol. The minimum atomic E-state index is -1.17. The van der Waals surface area contributed by atoms with E-state index in [9.17, 15) is 5.11 Å². The molecule has 0 bridgehead atoms. The predicted octanol–water partition coefficient (Wildman–Crippen LogP) is 3.88. The SMILES string of the molecule is C=C[C]1[CH][CH][CH][C]1C(O)(c1ccccc1)c1ccccc1. The smallest absolute Gasteiger partial charge is 0.122 e. The molecule has 0 spiro atoms. The Bertz CT molecular complexity index is 548. The maximum atomic E-state index is 11.6. The first-order valence-corrected chi connectivity index (χ1v) is 6.99. The molecule has 0 unspecified atom stereocenters. The Morgan fingerprint density at radius 2 is 1.33 bits per heavy atom. The lowest BCUT2D eigenvalue weighted by Crippen LogP contribution is -2.36. The van der Waals surface area contributed by atoms with E-state index in [0.717, 1.165) is 23.0 Å². The summed E-state index contributed by atoms with van der Waals surface area (Å²) in [5.41, 5.74) is 0.534. The molecule has 0 aliphatic heterocycles. The van der Waals surface area contributed by atoms with Crippen molar-refractivity contribution < 1.29 is 5.11 Å². The first kappa shape index (κ1) is 14.1. The first-order valence-electron chi connectivity index (χ1n) is 6.99. The predicted molar refractivity (Wildman–Crippen MR) is 85.5 cm³/mol. The minimum Gasteiger partial charge on any atom is -0.380 e. The van der Waals surface area contributed by atoms with Gasteiger partial charge in [-0.2, -0.15) is 0 Å². The van der Waals surface area contributed by atoms with E-state index in [4.69, 9.17) is 0 Å². The second-order valence-electron chi connectivity index (χ2n) is 5.04. The Labute approximate surface area is 127 Å². The van der Waals surface area contributed by atoms with Gasteiger partial charge in [-0.15, -0.1) is 6.58 Å². The van der Waals surface area contributed by atoms with Crippen LogP contribution in [0.1, 0.15) is 11.1 Å². The molecular formula is C20H17O. The summed E-state index contributed by atoms with van der Waals surface area (Å²) in [6.07, 6.45) is 7.66. The lowest BCUT2D eigenvalue weighted by Gasteiger charge is -2.37. The highest BCUT2D eigenvalue weighted by molar-refractivity contribution is 5.59. The molecule has 2 aromatic rings. The molecule has 1 fully saturated rings. The highest BCUT2D eigenvalue weighted by Gasteiger charge is 2.46. The molecule has 0 aromatic heterocycles. The fourth-order valence-corrected chi connectivity index (χ4v) is 2.78. The van der Waals surface area contributed by atoms with Gasteiger partial charge in [-0.3, -0.25) is 0 Å². The second kappa shape index (κ2) is 5.87. The van der Waals surface area contributed by atoms with Gasteiger partial charge in [-0.05, 0) is 30.4 Å². The third-order valence-corrected chi connectivity index (χ3v) is 3.84. The largest absolute Gasteiger partial charge is 0.380 e. The van der Waals surface area contributed by atoms with Gasteiger partial charge in [0, 0.05) is 11.8 Å². The normalized spacial score (nSPS) is 17.0. The Kier molecular flexibility index (Phi) is 3.94. The summed E-state index contributed by atoms with van der Waals surface area (Å²) < 4.78 is 0. The molecular weight excluding hydrogens is 256 g/mol. The van der Waals surface area contributed by atoms with Crippen LogP contribution in [0.25, 0.3) is 0 Å². The van der Waals surface area contributed by atoms with E-state index < -0.39 is 5.60 Å². The fourth-order valence-electron chi connectivity index (χ4n) is 2.78. The number of aliphatic hydroxyl groups is 1. The molecule has 103 valence electrons. The van der Waals surface area contributed by atoms with Crippen LogP contribution in [0, 0.1) is 31.1 Å². The van der Waals surface area contributed by atoms with Gasteiger partial charge >= 0.3 is 0 Å². The van der Waals surface area contributed by atoms with E-state index in [0.29, 0.717) is 0 Å². The Hall–Kier alpha value is -1.86. The highest BCUT2D eigenvalue weighted by atomic mass is 16.3. The minimum absolute atomic E-state index is 0.852. The van der Waals surface area contributed by atoms with Crippen LogP contribution in [0.2, 0.25) is 0 Å². The summed E-state index contributed by atoms with van der Waals surface area (Å²) in [5, 5.41) is 11.6. The summed E-state index contributed by atoms with van der Waals surface area (Å²) in [5.74, 6) is 1.81. The van der Waals surface area contributed by atoms with Crippen LogP contribution in [0.3, 0.4) is 0 Å². The van der Waals surface area contributed by atoms with Crippen LogP contribution in [-0.4, -0.2) is 5.11 Å². The third kappa shape index (κ3) is 2.43. The van der Waals surface area contributed by atoms with Crippen molar-refractivity contribution in [1.82, 2.24) is 0 Å². The quantitative estimate of drug-likeness (QED) is 0.896. The van der Waals surface area contributed by atoms with Crippen molar-refractivity contribution in [3.63, 3.8) is 0 Å². The fraction of sp³-hybridized carbons (Fsp3) is 0.0500. The van der Waals surface area contributed by atoms with Crippen molar-refractivity contribution in [1.29, 1.82) is 0 Å². The number of rotatable bonds is 4. The number of hydrogen-bond donors (Lipinski definition) is 1. The van der Waals surface area contributed by atoms with Crippen molar-refractivity contribution in [2.75, 3.05) is 0 Å². The van der Waals surface area contributed by atoms with E-state index in [1.807, 2.05) is 79.9 Å². The van der Waals surface area contributed by atoms with E-state index in [2.05, 4.69) is 6.58 Å². The number of hydrogen-bond acceptors (Lipinski definition) is 1. The molecule has 2 aromatic carbocycles. The zero-order chi connectivity index (χ0) is 14.7. The summed E-state index contributed by atoms with van der Waals surface area (Å²) >= 11 is 0. The van der Waals surface area contributed by atoms with Gasteiger partial charge in [0.05, 0.1) is 0 Å². The Balaban J connectivity index is 2.13. The van der Waals surface area contributed by atoms with Crippen molar-refractivity contribution >= 4 is 0 Å². The number of benzene rings is 2. The summed E-state index contributed by atoms with van der Waals surface area (Å²) in [6, 6.07) is 19.5. The summed E-state index contributed by atoms with van der Waals surface area (Å²) in [6.45, 7) is 3.85. The molecule has 1 N–H and O–H groups in total. The zero-order valence-electron chi connectivity index (χ0n) is 11.7.